The normalized spacial score (nSPS) is 11.3. The summed E-state index contributed by atoms with van der Waals surface area (Å²) in [5.41, 5.74) is 0. The molecule has 0 atom stereocenters. The van der Waals surface area contributed by atoms with Gasteiger partial charge in [0, 0.05) is 0 Å². The lowest BCUT2D eigenvalue weighted by Gasteiger charge is -2.07. The Morgan fingerprint density at radius 3 is 2.42 bits per heavy atom. The summed E-state index contributed by atoms with van der Waals surface area (Å²) in [6.45, 7) is 0. The molecule has 1 aromatic heterocycles. The van der Waals surface area contributed by atoms with Crippen LogP contribution < -0.4 is 4.72 Å². The Morgan fingerprint density at radius 1 is 1.05 bits per heavy atom. The van der Waals surface area contributed by atoms with E-state index in [9.17, 15) is 8.42 Å². The maximum atomic E-state index is 12.1. The lowest BCUT2D eigenvalue weighted by molar-refractivity contribution is 0.601. The summed E-state index contributed by atoms with van der Waals surface area (Å²) in [7, 11) is -3.82. The lowest BCUT2D eigenvalue weighted by Crippen LogP contribution is -2.14. The van der Waals surface area contributed by atoms with Gasteiger partial charge in [-0.3, -0.25) is 9.71 Å². The predicted molar refractivity (Wildman–Crippen MR) is 74.3 cm³/mol. The van der Waals surface area contributed by atoms with Crippen LogP contribution in [0.5, 0.6) is 0 Å². The molecule has 19 heavy (non-hydrogen) atoms. The molecule has 0 radical (unpaired) electrons. The minimum Gasteiger partial charge on any atom is -0.262 e. The van der Waals surface area contributed by atoms with Crippen LogP contribution in [0.1, 0.15) is 0 Å². The summed E-state index contributed by atoms with van der Waals surface area (Å²) in [5.74, 6) is 0.0126. The van der Waals surface area contributed by atoms with E-state index in [2.05, 4.69) is 14.7 Å². The Hall–Kier alpha value is -1.08. The van der Waals surface area contributed by atoms with Crippen molar-refractivity contribution in [3.63, 3.8) is 0 Å². The third kappa shape index (κ3) is 3.48. The molecule has 1 heterocycles. The molecule has 0 spiro atoms. The molecule has 1 N–H and O–H groups in total. The first kappa shape index (κ1) is 14.3. The van der Waals surface area contributed by atoms with E-state index >= 15 is 0 Å². The minimum atomic E-state index is -3.82. The number of nitrogens with zero attached hydrogens (tertiary/aromatic N) is 2. The highest BCUT2D eigenvalue weighted by Gasteiger charge is 2.16. The number of rotatable bonds is 3. The van der Waals surface area contributed by atoms with Crippen molar-refractivity contribution in [3.05, 3.63) is 45.8 Å². The fourth-order valence-corrected chi connectivity index (χ4v) is 2.75. The van der Waals surface area contributed by atoms with Crippen molar-refractivity contribution < 1.29 is 8.42 Å². The number of aromatic nitrogens is 2. The van der Waals surface area contributed by atoms with Crippen LogP contribution in [-0.4, -0.2) is 18.4 Å². The van der Waals surface area contributed by atoms with Crippen LogP contribution >= 0.6 is 34.8 Å². The van der Waals surface area contributed by atoms with Gasteiger partial charge in [-0.15, -0.1) is 0 Å². The molecular formula is C10H6Cl3N3O2S. The summed E-state index contributed by atoms with van der Waals surface area (Å²) in [4.78, 5) is 7.46. The van der Waals surface area contributed by atoms with Gasteiger partial charge in [-0.2, -0.15) is 0 Å². The topological polar surface area (TPSA) is 72.0 Å². The van der Waals surface area contributed by atoms with Crippen LogP contribution in [0.4, 0.5) is 5.82 Å². The Bertz CT molecular complexity index is 722. The number of nitrogens with one attached hydrogen (secondary N) is 1. The van der Waals surface area contributed by atoms with Crippen molar-refractivity contribution in [2.24, 2.45) is 0 Å². The van der Waals surface area contributed by atoms with E-state index in [0.717, 1.165) is 0 Å². The second-order valence-corrected chi connectivity index (χ2v) is 6.29. The molecule has 0 bridgehead atoms. The number of halogens is 3. The number of anilines is 1. The zero-order chi connectivity index (χ0) is 14.0. The van der Waals surface area contributed by atoms with Crippen molar-refractivity contribution in [2.75, 3.05) is 4.72 Å². The highest BCUT2D eigenvalue weighted by atomic mass is 35.5. The average molecular weight is 339 g/mol. The first-order chi connectivity index (χ1) is 8.88. The van der Waals surface area contributed by atoms with Crippen LogP contribution in [-0.2, 0) is 10.0 Å². The second-order valence-electron chi connectivity index (χ2n) is 3.41. The highest BCUT2D eigenvalue weighted by Crippen LogP contribution is 2.25. The molecule has 0 fully saturated rings. The van der Waals surface area contributed by atoms with Gasteiger partial charge in [-0.05, 0) is 18.2 Å². The summed E-state index contributed by atoms with van der Waals surface area (Å²) in [6.07, 6.45) is 2.53. The zero-order valence-electron chi connectivity index (χ0n) is 9.14. The molecule has 0 aliphatic carbocycles. The van der Waals surface area contributed by atoms with Gasteiger partial charge in [0.25, 0.3) is 10.0 Å². The molecule has 0 aliphatic heterocycles. The molecule has 1 aromatic carbocycles. The standard InChI is InChI=1S/C10H6Cl3N3O2S/c11-7-2-1-6(3-8(7)12)19(17,18)16-10-5-14-4-9(13)15-10/h1-5H,(H,15,16). The first-order valence-corrected chi connectivity index (χ1v) is 7.45. The van der Waals surface area contributed by atoms with Crippen LogP contribution in [0.3, 0.4) is 0 Å². The molecule has 0 saturated carbocycles. The van der Waals surface area contributed by atoms with Gasteiger partial charge in [0.05, 0.1) is 27.3 Å². The van der Waals surface area contributed by atoms with Crippen LogP contribution in [0, 0.1) is 0 Å². The second kappa shape index (κ2) is 5.50. The largest absolute Gasteiger partial charge is 0.263 e. The third-order valence-electron chi connectivity index (χ3n) is 2.05. The molecule has 0 aliphatic rings. The van der Waals surface area contributed by atoms with Gasteiger partial charge in [-0.25, -0.2) is 13.4 Å². The van der Waals surface area contributed by atoms with Gasteiger partial charge in [-0.1, -0.05) is 34.8 Å². The summed E-state index contributed by atoms with van der Waals surface area (Å²) in [6, 6.07) is 3.96. The number of benzene rings is 1. The van der Waals surface area contributed by atoms with Gasteiger partial charge in [0.15, 0.2) is 5.82 Å². The predicted octanol–water partition coefficient (Wildman–Crippen LogP) is 3.24. The molecular weight excluding hydrogens is 333 g/mol. The average Bonchev–Trinajstić information content (AvgIpc) is 2.32. The molecule has 2 rings (SSSR count). The van der Waals surface area contributed by atoms with Gasteiger partial charge in [0.2, 0.25) is 0 Å². The lowest BCUT2D eigenvalue weighted by atomic mass is 10.4. The molecule has 0 unspecified atom stereocenters. The summed E-state index contributed by atoms with van der Waals surface area (Å²) in [5, 5.41) is 0.485. The Kier molecular flexibility index (Phi) is 4.15. The molecule has 9 heteroatoms. The zero-order valence-corrected chi connectivity index (χ0v) is 12.2. The monoisotopic (exact) mass is 337 g/mol. The smallest absolute Gasteiger partial charge is 0.262 e. The van der Waals surface area contributed by atoms with E-state index in [0.29, 0.717) is 0 Å². The highest BCUT2D eigenvalue weighted by molar-refractivity contribution is 7.92. The molecule has 0 amide bonds. The maximum absolute atomic E-state index is 12.1. The minimum absolute atomic E-state index is 0.0126. The summed E-state index contributed by atoms with van der Waals surface area (Å²) < 4.78 is 26.3. The SMILES string of the molecule is O=S(=O)(Nc1cncc(Cl)n1)c1ccc(Cl)c(Cl)c1. The van der Waals surface area contributed by atoms with Crippen molar-refractivity contribution >= 4 is 50.6 Å². The van der Waals surface area contributed by atoms with E-state index in [1.807, 2.05) is 0 Å². The van der Waals surface area contributed by atoms with E-state index in [1.54, 1.807) is 0 Å². The fourth-order valence-electron chi connectivity index (χ4n) is 1.23. The van der Waals surface area contributed by atoms with Gasteiger partial charge >= 0.3 is 0 Å². The van der Waals surface area contributed by atoms with E-state index in [-0.39, 0.29) is 25.9 Å². The van der Waals surface area contributed by atoms with Crippen molar-refractivity contribution in [1.82, 2.24) is 9.97 Å². The third-order valence-corrected chi connectivity index (χ3v) is 4.32. The van der Waals surface area contributed by atoms with Crippen LogP contribution in [0.25, 0.3) is 0 Å². The van der Waals surface area contributed by atoms with Gasteiger partial charge in [0.1, 0.15) is 5.15 Å². The van der Waals surface area contributed by atoms with Crippen LogP contribution in [0.2, 0.25) is 15.2 Å². The molecule has 5 nitrogen and oxygen atoms in total. The van der Waals surface area contributed by atoms with E-state index in [1.165, 1.54) is 30.6 Å². The Labute approximate surface area is 124 Å². The van der Waals surface area contributed by atoms with E-state index in [4.69, 9.17) is 34.8 Å². The van der Waals surface area contributed by atoms with Crippen molar-refractivity contribution in [1.29, 1.82) is 0 Å². The number of hydrogen-bond donors (Lipinski definition) is 1. The first-order valence-electron chi connectivity index (χ1n) is 4.84. The molecule has 100 valence electrons. The van der Waals surface area contributed by atoms with E-state index < -0.39 is 10.0 Å². The fraction of sp³-hybridized carbons (Fsp3) is 0. The van der Waals surface area contributed by atoms with Gasteiger partial charge < -0.3 is 0 Å². The van der Waals surface area contributed by atoms with Crippen molar-refractivity contribution in [2.45, 2.75) is 4.90 Å². The van der Waals surface area contributed by atoms with Crippen molar-refractivity contribution in [3.8, 4) is 0 Å². The quantitative estimate of drug-likeness (QED) is 0.932. The Morgan fingerprint density at radius 2 is 1.79 bits per heavy atom. The van der Waals surface area contributed by atoms with Crippen LogP contribution in [0.15, 0.2) is 35.5 Å². The summed E-state index contributed by atoms with van der Waals surface area (Å²) >= 11 is 17.1. The maximum Gasteiger partial charge on any atom is 0.263 e. The number of hydrogen-bond acceptors (Lipinski definition) is 4. The Balaban J connectivity index is 2.35. The number of sulfonamides is 1. The molecule has 0 saturated heterocycles. The molecule has 2 aromatic rings.